The lowest BCUT2D eigenvalue weighted by Crippen LogP contribution is -2.47. The summed E-state index contributed by atoms with van der Waals surface area (Å²) in [5, 5.41) is -0.0169. The van der Waals surface area contributed by atoms with Crippen LogP contribution in [0.1, 0.15) is 22.3 Å². The third kappa shape index (κ3) is 4.09. The van der Waals surface area contributed by atoms with E-state index in [1.165, 1.54) is 11.6 Å². The predicted octanol–water partition coefficient (Wildman–Crippen LogP) is 2.69. The summed E-state index contributed by atoms with van der Waals surface area (Å²) in [6.45, 7) is 0.913. The van der Waals surface area contributed by atoms with Gasteiger partial charge in [-0.25, -0.2) is 4.39 Å². The Labute approximate surface area is 149 Å². The number of aryl methyl sites for hydroxylation is 1. The first-order valence-electron chi connectivity index (χ1n) is 7.91. The summed E-state index contributed by atoms with van der Waals surface area (Å²) in [5.41, 5.74) is 7.01. The van der Waals surface area contributed by atoms with E-state index >= 15 is 0 Å². The lowest BCUT2D eigenvalue weighted by molar-refractivity contribution is -0.120. The van der Waals surface area contributed by atoms with E-state index < -0.39 is 11.7 Å². The minimum absolute atomic E-state index is 0.0169. The summed E-state index contributed by atoms with van der Waals surface area (Å²) < 4.78 is 13.0. The van der Waals surface area contributed by atoms with Gasteiger partial charge in [0.1, 0.15) is 5.82 Å². The van der Waals surface area contributed by atoms with Crippen LogP contribution < -0.4 is 15.8 Å². The zero-order valence-corrected chi connectivity index (χ0v) is 14.1. The normalized spacial score (nSPS) is 13.1. The van der Waals surface area contributed by atoms with Crippen molar-refractivity contribution in [3.8, 4) is 0 Å². The highest BCUT2D eigenvalue weighted by Gasteiger charge is 2.19. The van der Waals surface area contributed by atoms with Crippen LogP contribution >= 0.6 is 11.6 Å². The second kappa shape index (κ2) is 7.53. The quantitative estimate of drug-likeness (QED) is 0.826. The van der Waals surface area contributed by atoms with Gasteiger partial charge in [-0.1, -0.05) is 29.8 Å². The molecule has 3 rings (SSSR count). The van der Waals surface area contributed by atoms with Gasteiger partial charge in [0.25, 0.3) is 11.8 Å². The van der Waals surface area contributed by atoms with Crippen LogP contribution in [-0.2, 0) is 11.2 Å². The van der Waals surface area contributed by atoms with Crippen molar-refractivity contribution in [2.45, 2.75) is 12.8 Å². The minimum atomic E-state index is -0.600. The number of fused-ring (bicyclic) bond motifs is 1. The number of amides is 2. The maximum Gasteiger partial charge on any atom is 0.271 e. The molecule has 0 unspecified atom stereocenters. The highest BCUT2D eigenvalue weighted by Crippen LogP contribution is 2.26. The molecule has 0 atom stereocenters. The van der Waals surface area contributed by atoms with Crippen LogP contribution in [0.15, 0.2) is 42.5 Å². The largest absolute Gasteiger partial charge is 0.362 e. The van der Waals surface area contributed by atoms with E-state index in [4.69, 9.17) is 11.6 Å². The lowest BCUT2D eigenvalue weighted by atomic mass is 10.0. The zero-order chi connectivity index (χ0) is 17.8. The van der Waals surface area contributed by atoms with Gasteiger partial charge in [-0.15, -0.1) is 0 Å². The second-order valence-electron chi connectivity index (χ2n) is 5.78. The number of carbonyl (C=O) groups is 2. The lowest BCUT2D eigenvalue weighted by Gasteiger charge is -2.30. The number of para-hydroxylation sites is 1. The van der Waals surface area contributed by atoms with E-state index in [1.807, 2.05) is 23.1 Å². The maximum absolute atomic E-state index is 13.0. The van der Waals surface area contributed by atoms with Gasteiger partial charge in [-0.2, -0.15) is 0 Å². The first-order valence-corrected chi connectivity index (χ1v) is 8.29. The number of halogens is 2. The number of nitrogens with one attached hydrogen (secondary N) is 2. The molecule has 25 heavy (non-hydrogen) atoms. The molecule has 2 aromatic carbocycles. The Hall–Kier alpha value is -2.60. The molecule has 130 valence electrons. The molecule has 0 radical (unpaired) electrons. The molecule has 2 amide bonds. The zero-order valence-electron chi connectivity index (χ0n) is 13.4. The molecule has 1 aliphatic heterocycles. The van der Waals surface area contributed by atoms with Crippen LogP contribution in [0.3, 0.4) is 0 Å². The van der Waals surface area contributed by atoms with Crippen molar-refractivity contribution in [1.29, 1.82) is 0 Å². The van der Waals surface area contributed by atoms with E-state index in [-0.39, 0.29) is 23.0 Å². The molecule has 2 aromatic rings. The number of anilines is 1. The fourth-order valence-electron chi connectivity index (χ4n) is 2.86. The van der Waals surface area contributed by atoms with Gasteiger partial charge in [0.2, 0.25) is 0 Å². The Morgan fingerprint density at radius 3 is 2.76 bits per heavy atom. The summed E-state index contributed by atoms with van der Waals surface area (Å²) in [6.07, 6.45) is 1.97. The van der Waals surface area contributed by atoms with Gasteiger partial charge in [-0.05, 0) is 42.7 Å². The first-order chi connectivity index (χ1) is 12.0. The molecular weight excluding hydrogens is 345 g/mol. The van der Waals surface area contributed by atoms with E-state index in [9.17, 15) is 14.0 Å². The molecule has 5 nitrogen and oxygen atoms in total. The minimum Gasteiger partial charge on any atom is -0.362 e. The monoisotopic (exact) mass is 361 g/mol. The average molecular weight is 362 g/mol. The number of hydrogen-bond acceptors (Lipinski definition) is 3. The standard InChI is InChI=1S/C18H17ClFN3O2/c19-15-10-13(20)7-8-14(15)18(25)22-21-17(24)11-23-9-3-5-12-4-1-2-6-16(12)23/h1-2,4,6-8,10H,3,5,9,11H2,(H,21,24)(H,22,25). The number of benzene rings is 2. The Balaban J connectivity index is 1.58. The van der Waals surface area contributed by atoms with Crippen molar-refractivity contribution in [3.63, 3.8) is 0 Å². The second-order valence-corrected chi connectivity index (χ2v) is 6.19. The van der Waals surface area contributed by atoms with E-state index in [2.05, 4.69) is 16.9 Å². The van der Waals surface area contributed by atoms with Gasteiger partial charge in [0.05, 0.1) is 17.1 Å². The van der Waals surface area contributed by atoms with E-state index in [0.29, 0.717) is 0 Å². The molecule has 2 N–H and O–H groups in total. The maximum atomic E-state index is 13.0. The van der Waals surface area contributed by atoms with Gasteiger partial charge in [0.15, 0.2) is 0 Å². The Morgan fingerprint density at radius 1 is 1.16 bits per heavy atom. The van der Waals surface area contributed by atoms with Crippen molar-refractivity contribution in [2.75, 3.05) is 18.0 Å². The fraction of sp³-hybridized carbons (Fsp3) is 0.222. The molecule has 0 saturated heterocycles. The number of hydrogen-bond donors (Lipinski definition) is 2. The SMILES string of the molecule is O=C(CN1CCCc2ccccc21)NNC(=O)c1ccc(F)cc1Cl. The third-order valence-electron chi connectivity index (χ3n) is 4.03. The number of rotatable bonds is 3. The van der Waals surface area contributed by atoms with E-state index in [1.54, 1.807) is 0 Å². The van der Waals surface area contributed by atoms with Crippen LogP contribution in [0.5, 0.6) is 0 Å². The molecular formula is C18H17ClFN3O2. The molecule has 0 aromatic heterocycles. The van der Waals surface area contributed by atoms with Gasteiger partial charge < -0.3 is 4.90 Å². The average Bonchev–Trinajstić information content (AvgIpc) is 2.60. The van der Waals surface area contributed by atoms with Gasteiger partial charge in [-0.3, -0.25) is 20.4 Å². The van der Waals surface area contributed by atoms with Crippen molar-refractivity contribution in [1.82, 2.24) is 10.9 Å². The number of carbonyl (C=O) groups excluding carboxylic acids is 2. The topological polar surface area (TPSA) is 61.4 Å². The molecule has 0 fully saturated rings. The van der Waals surface area contributed by atoms with Gasteiger partial charge in [0, 0.05) is 12.2 Å². The third-order valence-corrected chi connectivity index (χ3v) is 4.34. The molecule has 1 heterocycles. The van der Waals surface area contributed by atoms with Crippen LogP contribution in [0.25, 0.3) is 0 Å². The number of nitrogens with zero attached hydrogens (tertiary/aromatic N) is 1. The van der Waals surface area contributed by atoms with E-state index in [0.717, 1.165) is 37.2 Å². The summed E-state index contributed by atoms with van der Waals surface area (Å²) in [6, 6.07) is 11.4. The molecule has 0 bridgehead atoms. The summed E-state index contributed by atoms with van der Waals surface area (Å²) >= 11 is 5.83. The molecule has 1 aliphatic rings. The summed E-state index contributed by atoms with van der Waals surface area (Å²) in [5.74, 6) is -1.48. The summed E-state index contributed by atoms with van der Waals surface area (Å²) in [4.78, 5) is 26.1. The molecule has 7 heteroatoms. The van der Waals surface area contributed by atoms with Crippen LogP contribution in [0, 0.1) is 5.82 Å². The predicted molar refractivity (Wildman–Crippen MR) is 94.0 cm³/mol. The Morgan fingerprint density at radius 2 is 1.96 bits per heavy atom. The Kier molecular flexibility index (Phi) is 5.19. The van der Waals surface area contributed by atoms with Crippen LogP contribution in [-0.4, -0.2) is 24.9 Å². The Bertz CT molecular complexity index is 813. The highest BCUT2D eigenvalue weighted by atomic mass is 35.5. The van der Waals surface area contributed by atoms with Crippen LogP contribution in [0.4, 0.5) is 10.1 Å². The van der Waals surface area contributed by atoms with Crippen molar-refractivity contribution < 1.29 is 14.0 Å². The first kappa shape index (κ1) is 17.2. The molecule has 0 saturated carbocycles. The van der Waals surface area contributed by atoms with Crippen molar-refractivity contribution in [3.05, 3.63) is 64.4 Å². The fourth-order valence-corrected chi connectivity index (χ4v) is 3.11. The molecule has 0 aliphatic carbocycles. The van der Waals surface area contributed by atoms with Crippen molar-refractivity contribution >= 4 is 29.1 Å². The molecule has 0 spiro atoms. The number of hydrazine groups is 1. The summed E-state index contributed by atoms with van der Waals surface area (Å²) in [7, 11) is 0. The van der Waals surface area contributed by atoms with Crippen LogP contribution in [0.2, 0.25) is 5.02 Å². The van der Waals surface area contributed by atoms with Gasteiger partial charge >= 0.3 is 0 Å². The van der Waals surface area contributed by atoms with Crippen molar-refractivity contribution in [2.24, 2.45) is 0 Å². The smallest absolute Gasteiger partial charge is 0.271 e. The highest BCUT2D eigenvalue weighted by molar-refractivity contribution is 6.33.